The third kappa shape index (κ3) is 5.20. The Morgan fingerprint density at radius 2 is 2.12 bits per heavy atom. The Morgan fingerprint density at radius 1 is 1.32 bits per heavy atom. The van der Waals surface area contributed by atoms with E-state index < -0.39 is 17.6 Å². The summed E-state index contributed by atoms with van der Waals surface area (Å²) in [6.45, 7) is 5.40. The minimum absolute atomic E-state index is 0.254. The molecule has 0 fully saturated rings. The Bertz CT molecular complexity index is 841. The molecule has 7 nitrogen and oxygen atoms in total. The second kappa shape index (κ2) is 8.68. The van der Waals surface area contributed by atoms with E-state index in [0.717, 1.165) is 23.8 Å². The summed E-state index contributed by atoms with van der Waals surface area (Å²) in [5.41, 5.74) is 0.888. The largest absolute Gasteiger partial charge is 0.484 e. The predicted molar refractivity (Wildman–Crippen MR) is 93.7 cm³/mol. The third-order valence-electron chi connectivity index (χ3n) is 3.35. The lowest BCUT2D eigenvalue weighted by Crippen LogP contribution is -2.41. The van der Waals surface area contributed by atoms with E-state index in [-0.39, 0.29) is 13.2 Å². The molecule has 0 saturated carbocycles. The SMILES string of the molecule is C=CCNC(=O)NC(=O)COc1ccc2c(CCC)cc(=O)oc2c1. The zero-order chi connectivity index (χ0) is 18.2. The summed E-state index contributed by atoms with van der Waals surface area (Å²) in [6.07, 6.45) is 3.17. The van der Waals surface area contributed by atoms with Crippen LogP contribution in [-0.4, -0.2) is 25.1 Å². The van der Waals surface area contributed by atoms with Gasteiger partial charge in [-0.15, -0.1) is 6.58 Å². The molecule has 0 aliphatic heterocycles. The Labute approximate surface area is 144 Å². The highest BCUT2D eigenvalue weighted by Gasteiger charge is 2.10. The summed E-state index contributed by atoms with van der Waals surface area (Å²) in [6, 6.07) is 5.89. The molecule has 0 aliphatic carbocycles. The van der Waals surface area contributed by atoms with E-state index in [2.05, 4.69) is 17.2 Å². The number of imide groups is 1. The maximum atomic E-state index is 11.7. The van der Waals surface area contributed by atoms with Crippen LogP contribution in [0.1, 0.15) is 18.9 Å². The van der Waals surface area contributed by atoms with E-state index in [1.165, 1.54) is 12.1 Å². The fourth-order valence-corrected chi connectivity index (χ4v) is 2.30. The summed E-state index contributed by atoms with van der Waals surface area (Å²) in [7, 11) is 0. The number of urea groups is 1. The van der Waals surface area contributed by atoms with Crippen LogP contribution in [0.5, 0.6) is 5.75 Å². The molecule has 1 heterocycles. The van der Waals surface area contributed by atoms with Crippen molar-refractivity contribution >= 4 is 22.9 Å². The van der Waals surface area contributed by atoms with Crippen LogP contribution in [0.25, 0.3) is 11.0 Å². The molecule has 132 valence electrons. The maximum Gasteiger partial charge on any atom is 0.336 e. The van der Waals surface area contributed by atoms with E-state index in [1.807, 2.05) is 6.92 Å². The van der Waals surface area contributed by atoms with Crippen molar-refractivity contribution in [3.05, 3.63) is 52.9 Å². The number of carbonyl (C=O) groups is 2. The standard InChI is InChI=1S/C18H20N2O5/c1-3-5-12-9-17(22)25-15-10-13(6-7-14(12)15)24-11-16(21)20-18(23)19-8-4-2/h4,6-7,9-10H,2-3,5,8,11H2,1H3,(H2,19,20,21,23). The first-order valence-corrected chi connectivity index (χ1v) is 7.91. The third-order valence-corrected chi connectivity index (χ3v) is 3.35. The topological polar surface area (TPSA) is 97.6 Å². The summed E-state index contributed by atoms with van der Waals surface area (Å²) >= 11 is 0. The van der Waals surface area contributed by atoms with Crippen molar-refractivity contribution in [2.45, 2.75) is 19.8 Å². The fraction of sp³-hybridized carbons (Fsp3) is 0.278. The summed E-state index contributed by atoms with van der Waals surface area (Å²) < 4.78 is 10.5. The van der Waals surface area contributed by atoms with Gasteiger partial charge in [0.1, 0.15) is 11.3 Å². The number of fused-ring (bicyclic) bond motifs is 1. The monoisotopic (exact) mass is 344 g/mol. The summed E-state index contributed by atoms with van der Waals surface area (Å²) in [4.78, 5) is 34.6. The first-order chi connectivity index (χ1) is 12.0. The Balaban J connectivity index is 2.04. The second-order valence-electron chi connectivity index (χ2n) is 5.33. The van der Waals surface area contributed by atoms with E-state index in [1.54, 1.807) is 18.2 Å². The van der Waals surface area contributed by atoms with Gasteiger partial charge < -0.3 is 14.5 Å². The highest BCUT2D eigenvalue weighted by atomic mass is 16.5. The molecule has 0 saturated heterocycles. The van der Waals surface area contributed by atoms with Gasteiger partial charge in [0.2, 0.25) is 0 Å². The second-order valence-corrected chi connectivity index (χ2v) is 5.33. The molecule has 25 heavy (non-hydrogen) atoms. The van der Waals surface area contributed by atoms with Gasteiger partial charge in [-0.2, -0.15) is 0 Å². The van der Waals surface area contributed by atoms with Crippen molar-refractivity contribution in [3.63, 3.8) is 0 Å². The predicted octanol–water partition coefficient (Wildman–Crippen LogP) is 2.14. The van der Waals surface area contributed by atoms with Crippen LogP contribution in [0.2, 0.25) is 0 Å². The lowest BCUT2D eigenvalue weighted by Gasteiger charge is -2.09. The van der Waals surface area contributed by atoms with Gasteiger partial charge in [0.05, 0.1) is 0 Å². The maximum absolute atomic E-state index is 11.7. The smallest absolute Gasteiger partial charge is 0.336 e. The molecule has 3 amide bonds. The Kier molecular flexibility index (Phi) is 6.33. The van der Waals surface area contributed by atoms with Gasteiger partial charge in [0.25, 0.3) is 5.91 Å². The van der Waals surface area contributed by atoms with Gasteiger partial charge in [-0.1, -0.05) is 19.4 Å². The van der Waals surface area contributed by atoms with Crippen molar-refractivity contribution in [2.75, 3.05) is 13.2 Å². The number of amides is 3. The molecule has 0 atom stereocenters. The van der Waals surface area contributed by atoms with Crippen molar-refractivity contribution in [1.29, 1.82) is 0 Å². The van der Waals surface area contributed by atoms with Crippen LogP contribution in [0, 0.1) is 0 Å². The van der Waals surface area contributed by atoms with Crippen molar-refractivity contribution in [1.82, 2.24) is 10.6 Å². The van der Waals surface area contributed by atoms with E-state index in [9.17, 15) is 14.4 Å². The molecule has 1 aromatic heterocycles. The molecule has 0 unspecified atom stereocenters. The zero-order valence-corrected chi connectivity index (χ0v) is 14.0. The van der Waals surface area contributed by atoms with Crippen LogP contribution in [-0.2, 0) is 11.2 Å². The quantitative estimate of drug-likeness (QED) is 0.592. The number of benzene rings is 1. The van der Waals surface area contributed by atoms with Crippen LogP contribution in [0.3, 0.4) is 0 Å². The lowest BCUT2D eigenvalue weighted by molar-refractivity contribution is -0.122. The van der Waals surface area contributed by atoms with Crippen molar-refractivity contribution in [3.8, 4) is 5.75 Å². The van der Waals surface area contributed by atoms with Crippen LogP contribution >= 0.6 is 0 Å². The normalized spacial score (nSPS) is 10.3. The van der Waals surface area contributed by atoms with Crippen LogP contribution in [0.4, 0.5) is 4.79 Å². The molecule has 2 N–H and O–H groups in total. The van der Waals surface area contributed by atoms with Gasteiger partial charge in [0, 0.05) is 24.1 Å². The highest BCUT2D eigenvalue weighted by molar-refractivity contribution is 5.95. The van der Waals surface area contributed by atoms with Gasteiger partial charge in [0.15, 0.2) is 6.61 Å². The number of rotatable bonds is 7. The first-order valence-electron chi connectivity index (χ1n) is 7.91. The lowest BCUT2D eigenvalue weighted by atomic mass is 10.1. The Hall–Kier alpha value is -3.09. The van der Waals surface area contributed by atoms with Gasteiger partial charge in [-0.25, -0.2) is 9.59 Å². The van der Waals surface area contributed by atoms with Gasteiger partial charge >= 0.3 is 11.7 Å². The van der Waals surface area contributed by atoms with Gasteiger partial charge in [-0.05, 0) is 24.1 Å². The van der Waals surface area contributed by atoms with Crippen LogP contribution in [0.15, 0.2) is 46.1 Å². The van der Waals surface area contributed by atoms with E-state index >= 15 is 0 Å². The summed E-state index contributed by atoms with van der Waals surface area (Å²) in [5.74, 6) is -0.228. The molecule has 2 aromatic rings. The molecular weight excluding hydrogens is 324 g/mol. The van der Waals surface area contributed by atoms with Crippen LogP contribution < -0.4 is 21.0 Å². The number of ether oxygens (including phenoxy) is 1. The van der Waals surface area contributed by atoms with E-state index in [0.29, 0.717) is 11.3 Å². The Morgan fingerprint density at radius 3 is 2.84 bits per heavy atom. The zero-order valence-electron chi connectivity index (χ0n) is 14.0. The van der Waals surface area contributed by atoms with Crippen molar-refractivity contribution in [2.24, 2.45) is 0 Å². The number of carbonyl (C=O) groups excluding carboxylic acids is 2. The number of nitrogens with one attached hydrogen (secondary N) is 2. The summed E-state index contributed by atoms with van der Waals surface area (Å²) in [5, 5.41) is 5.37. The average molecular weight is 344 g/mol. The molecular formula is C18H20N2O5. The van der Waals surface area contributed by atoms with Gasteiger partial charge in [-0.3, -0.25) is 10.1 Å². The van der Waals surface area contributed by atoms with E-state index in [4.69, 9.17) is 9.15 Å². The average Bonchev–Trinajstić information content (AvgIpc) is 2.58. The van der Waals surface area contributed by atoms with Crippen molar-refractivity contribution < 1.29 is 18.7 Å². The molecule has 0 bridgehead atoms. The fourth-order valence-electron chi connectivity index (χ4n) is 2.30. The highest BCUT2D eigenvalue weighted by Crippen LogP contribution is 2.23. The molecule has 7 heteroatoms. The first kappa shape index (κ1) is 18.3. The molecule has 2 rings (SSSR count). The minimum Gasteiger partial charge on any atom is -0.484 e. The molecule has 0 spiro atoms. The molecule has 0 aliphatic rings. The number of aryl methyl sites for hydroxylation is 1. The molecule has 1 aromatic carbocycles. The molecule has 0 radical (unpaired) electrons. The minimum atomic E-state index is -0.623. The number of hydrogen-bond donors (Lipinski definition) is 2. The number of hydrogen-bond acceptors (Lipinski definition) is 5.